The molecule has 0 radical (unpaired) electrons. The summed E-state index contributed by atoms with van der Waals surface area (Å²) in [6.07, 6.45) is 5.27. The molecular weight excluding hydrogens is 435 g/mol. The van der Waals surface area contributed by atoms with Crippen LogP contribution < -0.4 is 0 Å². The Kier molecular flexibility index (Phi) is 5.54. The van der Waals surface area contributed by atoms with Crippen LogP contribution in [-0.2, 0) is 4.79 Å². The summed E-state index contributed by atoms with van der Waals surface area (Å²) in [7, 11) is 0. The molecule has 29 heavy (non-hydrogen) atoms. The number of likely N-dealkylation sites (tertiary alicyclic amines) is 2. The molecule has 2 amide bonds. The number of amides is 2. The highest BCUT2D eigenvalue weighted by Gasteiger charge is 2.47. The molecule has 0 atom stereocenters. The van der Waals surface area contributed by atoms with Crippen LogP contribution >= 0.6 is 15.9 Å². The number of rotatable bonds is 3. The first kappa shape index (κ1) is 19.8. The van der Waals surface area contributed by atoms with Crippen molar-refractivity contribution in [2.45, 2.75) is 12.8 Å². The van der Waals surface area contributed by atoms with Gasteiger partial charge in [0.05, 0.1) is 0 Å². The second-order valence-corrected chi connectivity index (χ2v) is 8.79. The number of hydrogen-bond donors (Lipinski definition) is 0. The molecule has 2 aromatic rings. The van der Waals surface area contributed by atoms with Crippen LogP contribution in [0.5, 0.6) is 0 Å². The van der Waals surface area contributed by atoms with E-state index in [0.717, 1.165) is 22.9 Å². The van der Waals surface area contributed by atoms with E-state index in [4.69, 9.17) is 0 Å². The van der Waals surface area contributed by atoms with E-state index >= 15 is 0 Å². The third kappa shape index (κ3) is 4.42. The standard InChI is InChI=1S/C23H22BrFN2O2/c24-19-6-1-17(2-7-19)3-10-21(28)26-13-11-23(12-14-26)15-27(16-23)22(29)18-4-8-20(25)9-5-18/h1-10H,11-16H2. The lowest BCUT2D eigenvalue weighted by Crippen LogP contribution is -2.62. The van der Waals surface area contributed by atoms with Crippen molar-refractivity contribution in [1.29, 1.82) is 0 Å². The lowest BCUT2D eigenvalue weighted by molar-refractivity contribution is -0.130. The van der Waals surface area contributed by atoms with Gasteiger partial charge in [0.2, 0.25) is 5.91 Å². The zero-order chi connectivity index (χ0) is 20.4. The summed E-state index contributed by atoms with van der Waals surface area (Å²) in [5.41, 5.74) is 1.62. The topological polar surface area (TPSA) is 40.6 Å². The van der Waals surface area contributed by atoms with Gasteiger partial charge in [0.1, 0.15) is 5.82 Å². The summed E-state index contributed by atoms with van der Waals surface area (Å²) < 4.78 is 14.0. The van der Waals surface area contributed by atoms with Crippen molar-refractivity contribution in [1.82, 2.24) is 9.80 Å². The molecule has 0 bridgehead atoms. The average molecular weight is 457 g/mol. The van der Waals surface area contributed by atoms with Gasteiger partial charge in [-0.05, 0) is 60.9 Å². The predicted octanol–water partition coefficient (Wildman–Crippen LogP) is 4.37. The van der Waals surface area contributed by atoms with Crippen molar-refractivity contribution in [2.24, 2.45) is 5.41 Å². The monoisotopic (exact) mass is 456 g/mol. The van der Waals surface area contributed by atoms with E-state index in [9.17, 15) is 14.0 Å². The summed E-state index contributed by atoms with van der Waals surface area (Å²) in [4.78, 5) is 28.7. The Bertz CT molecular complexity index is 924. The Labute approximate surface area is 178 Å². The van der Waals surface area contributed by atoms with Gasteiger partial charge in [-0.1, -0.05) is 28.1 Å². The fourth-order valence-electron chi connectivity index (χ4n) is 4.05. The first-order chi connectivity index (χ1) is 13.9. The lowest BCUT2D eigenvalue weighted by Gasteiger charge is -2.53. The Balaban J connectivity index is 1.27. The molecular formula is C23H22BrFN2O2. The van der Waals surface area contributed by atoms with Crippen LogP contribution in [0.4, 0.5) is 4.39 Å². The number of carbonyl (C=O) groups is 2. The second kappa shape index (κ2) is 8.11. The molecule has 0 aliphatic carbocycles. The van der Waals surface area contributed by atoms with Crippen molar-refractivity contribution < 1.29 is 14.0 Å². The summed E-state index contributed by atoms with van der Waals surface area (Å²) in [5.74, 6) is -0.360. The predicted molar refractivity (Wildman–Crippen MR) is 114 cm³/mol. The van der Waals surface area contributed by atoms with E-state index < -0.39 is 0 Å². The van der Waals surface area contributed by atoms with Gasteiger partial charge in [0.15, 0.2) is 0 Å². The Hall–Kier alpha value is -2.47. The van der Waals surface area contributed by atoms with E-state index in [1.807, 2.05) is 40.1 Å². The van der Waals surface area contributed by atoms with Crippen LogP contribution in [0.15, 0.2) is 59.1 Å². The number of hydrogen-bond acceptors (Lipinski definition) is 2. The Morgan fingerprint density at radius 2 is 1.55 bits per heavy atom. The van der Waals surface area contributed by atoms with Crippen molar-refractivity contribution in [3.8, 4) is 0 Å². The number of halogens is 2. The normalized spacial score (nSPS) is 18.1. The van der Waals surface area contributed by atoms with Gasteiger partial charge < -0.3 is 9.80 Å². The van der Waals surface area contributed by atoms with Crippen molar-refractivity contribution in [3.63, 3.8) is 0 Å². The minimum atomic E-state index is -0.340. The van der Waals surface area contributed by atoms with Crippen LogP contribution in [0.2, 0.25) is 0 Å². The number of benzene rings is 2. The largest absolute Gasteiger partial charge is 0.339 e. The van der Waals surface area contributed by atoms with Gasteiger partial charge in [-0.25, -0.2) is 4.39 Å². The third-order valence-electron chi connectivity index (χ3n) is 5.86. The highest BCUT2D eigenvalue weighted by atomic mass is 79.9. The molecule has 150 valence electrons. The molecule has 2 heterocycles. The molecule has 4 nitrogen and oxygen atoms in total. The van der Waals surface area contributed by atoms with Crippen LogP contribution in [0.3, 0.4) is 0 Å². The number of piperidine rings is 1. The maximum atomic E-state index is 13.0. The van der Waals surface area contributed by atoms with Gasteiger partial charge >= 0.3 is 0 Å². The molecule has 2 aliphatic heterocycles. The van der Waals surface area contributed by atoms with E-state index in [1.165, 1.54) is 24.3 Å². The Morgan fingerprint density at radius 3 is 2.17 bits per heavy atom. The van der Waals surface area contributed by atoms with Gasteiger partial charge in [0.25, 0.3) is 5.91 Å². The van der Waals surface area contributed by atoms with E-state index in [-0.39, 0.29) is 23.0 Å². The molecule has 0 saturated carbocycles. The first-order valence-corrected chi connectivity index (χ1v) is 10.5. The fourth-order valence-corrected chi connectivity index (χ4v) is 4.31. The summed E-state index contributed by atoms with van der Waals surface area (Å²) in [6, 6.07) is 13.5. The van der Waals surface area contributed by atoms with Crippen LogP contribution in [0.25, 0.3) is 6.08 Å². The molecule has 2 fully saturated rings. The summed E-state index contributed by atoms with van der Waals surface area (Å²) >= 11 is 3.40. The van der Waals surface area contributed by atoms with Crippen LogP contribution in [0, 0.1) is 11.2 Å². The summed E-state index contributed by atoms with van der Waals surface area (Å²) in [5, 5.41) is 0. The summed E-state index contributed by atoms with van der Waals surface area (Å²) in [6.45, 7) is 2.84. The fraction of sp³-hybridized carbons (Fsp3) is 0.304. The maximum absolute atomic E-state index is 13.0. The van der Waals surface area contributed by atoms with E-state index in [1.54, 1.807) is 6.08 Å². The average Bonchev–Trinajstić information content (AvgIpc) is 2.71. The van der Waals surface area contributed by atoms with Gasteiger partial charge in [0, 0.05) is 47.7 Å². The van der Waals surface area contributed by atoms with Gasteiger partial charge in [-0.2, -0.15) is 0 Å². The smallest absolute Gasteiger partial charge is 0.253 e. The lowest BCUT2D eigenvalue weighted by atomic mass is 9.71. The molecule has 2 saturated heterocycles. The molecule has 6 heteroatoms. The highest BCUT2D eigenvalue weighted by molar-refractivity contribution is 9.10. The maximum Gasteiger partial charge on any atom is 0.253 e. The quantitative estimate of drug-likeness (QED) is 0.643. The molecule has 2 aliphatic rings. The molecule has 0 N–H and O–H groups in total. The van der Waals surface area contributed by atoms with Crippen molar-refractivity contribution in [2.75, 3.05) is 26.2 Å². The molecule has 0 unspecified atom stereocenters. The van der Waals surface area contributed by atoms with Crippen LogP contribution in [0.1, 0.15) is 28.8 Å². The highest BCUT2D eigenvalue weighted by Crippen LogP contribution is 2.41. The zero-order valence-electron chi connectivity index (χ0n) is 16.0. The third-order valence-corrected chi connectivity index (χ3v) is 6.38. The van der Waals surface area contributed by atoms with E-state index in [2.05, 4.69) is 15.9 Å². The SMILES string of the molecule is O=C(C=Cc1ccc(Br)cc1)N1CCC2(CC1)CN(C(=O)c1ccc(F)cc1)C2. The zero-order valence-corrected chi connectivity index (χ0v) is 17.6. The van der Waals surface area contributed by atoms with Crippen LogP contribution in [-0.4, -0.2) is 47.8 Å². The van der Waals surface area contributed by atoms with Crippen molar-refractivity contribution in [3.05, 3.63) is 76.0 Å². The Morgan fingerprint density at radius 1 is 0.931 bits per heavy atom. The molecule has 0 aromatic heterocycles. The minimum absolute atomic E-state index is 0.0290. The van der Waals surface area contributed by atoms with Gasteiger partial charge in [-0.3, -0.25) is 9.59 Å². The van der Waals surface area contributed by atoms with E-state index in [0.29, 0.717) is 31.7 Å². The first-order valence-electron chi connectivity index (χ1n) is 9.72. The molecule has 4 rings (SSSR count). The number of carbonyl (C=O) groups excluding carboxylic acids is 2. The van der Waals surface area contributed by atoms with Crippen molar-refractivity contribution >= 4 is 33.8 Å². The van der Waals surface area contributed by atoms with Gasteiger partial charge in [-0.15, -0.1) is 0 Å². The minimum Gasteiger partial charge on any atom is -0.339 e. The molecule has 1 spiro atoms. The molecule has 2 aromatic carbocycles. The second-order valence-electron chi connectivity index (χ2n) is 7.88. The number of nitrogens with zero attached hydrogens (tertiary/aromatic N) is 2.